The molecule has 0 saturated carbocycles. The summed E-state index contributed by atoms with van der Waals surface area (Å²) in [4.78, 5) is 29.5. The summed E-state index contributed by atoms with van der Waals surface area (Å²) < 4.78 is 11.7. The highest BCUT2D eigenvalue weighted by molar-refractivity contribution is 9.10. The van der Waals surface area contributed by atoms with Crippen LogP contribution in [0.15, 0.2) is 52.5 Å². The Morgan fingerprint density at radius 3 is 2.35 bits per heavy atom. The van der Waals surface area contributed by atoms with Crippen molar-refractivity contribution in [1.82, 2.24) is 9.80 Å². The second kappa shape index (κ2) is 9.53. The number of nitrogens with zero attached hydrogens (tertiary/aromatic N) is 2. The molecule has 1 atom stereocenters. The number of benzene rings is 2. The van der Waals surface area contributed by atoms with Crippen LogP contribution in [0.2, 0.25) is 0 Å². The van der Waals surface area contributed by atoms with E-state index < -0.39 is 17.7 Å². The molecule has 0 aliphatic carbocycles. The predicted octanol–water partition coefficient (Wildman–Crippen LogP) is 3.45. The Bertz CT molecular complexity index is 1020. The number of likely N-dealkylation sites (N-methyl/N-ethyl adjacent to an activating group) is 1. The summed E-state index contributed by atoms with van der Waals surface area (Å²) in [6.07, 6.45) is 0. The third-order valence-electron chi connectivity index (χ3n) is 5.18. The first-order valence-corrected chi connectivity index (χ1v) is 10.5. The van der Waals surface area contributed by atoms with Gasteiger partial charge in [-0.15, -0.1) is 0 Å². The van der Waals surface area contributed by atoms with Crippen LogP contribution in [0.1, 0.15) is 17.2 Å². The summed E-state index contributed by atoms with van der Waals surface area (Å²) in [7, 11) is 6.83. The summed E-state index contributed by atoms with van der Waals surface area (Å²) in [5.74, 6) is -0.570. The number of rotatable bonds is 7. The van der Waals surface area contributed by atoms with Crippen molar-refractivity contribution in [3.05, 3.63) is 63.6 Å². The molecule has 1 amide bonds. The second-order valence-electron chi connectivity index (χ2n) is 7.41. The number of carbonyl (C=O) groups is 2. The fourth-order valence-corrected chi connectivity index (χ4v) is 3.82. The number of halogens is 1. The van der Waals surface area contributed by atoms with E-state index in [1.54, 1.807) is 42.5 Å². The van der Waals surface area contributed by atoms with Gasteiger partial charge in [0.1, 0.15) is 17.3 Å². The van der Waals surface area contributed by atoms with Gasteiger partial charge in [-0.3, -0.25) is 9.59 Å². The zero-order valence-electron chi connectivity index (χ0n) is 17.9. The molecule has 0 radical (unpaired) electrons. The van der Waals surface area contributed by atoms with Crippen LogP contribution in [0.5, 0.6) is 11.5 Å². The molecule has 1 unspecified atom stereocenters. The minimum atomic E-state index is -0.811. The zero-order chi connectivity index (χ0) is 22.7. The number of Topliss-reactive ketones (excluding diaryl/α,β-unsaturated/α-hetero) is 1. The molecule has 3 rings (SSSR count). The van der Waals surface area contributed by atoms with Crippen molar-refractivity contribution in [2.45, 2.75) is 6.04 Å². The lowest BCUT2D eigenvalue weighted by Gasteiger charge is -2.28. The maximum Gasteiger partial charge on any atom is 0.295 e. The molecule has 8 heteroatoms. The third kappa shape index (κ3) is 4.60. The van der Waals surface area contributed by atoms with Crippen molar-refractivity contribution >= 4 is 33.4 Å². The van der Waals surface area contributed by atoms with Gasteiger partial charge in [0.25, 0.3) is 11.7 Å². The highest BCUT2D eigenvalue weighted by atomic mass is 79.9. The van der Waals surface area contributed by atoms with Gasteiger partial charge in [-0.05, 0) is 44.4 Å². The number of aliphatic hydroxyl groups excluding tert-OH is 1. The molecule has 2 aromatic rings. The Balaban J connectivity index is 2.23. The van der Waals surface area contributed by atoms with Crippen LogP contribution < -0.4 is 9.47 Å². The first-order chi connectivity index (χ1) is 14.8. The Morgan fingerprint density at radius 1 is 1.10 bits per heavy atom. The zero-order valence-corrected chi connectivity index (χ0v) is 19.5. The molecular formula is C23H25BrN2O5. The van der Waals surface area contributed by atoms with Crippen molar-refractivity contribution in [2.75, 3.05) is 41.4 Å². The molecule has 31 heavy (non-hydrogen) atoms. The van der Waals surface area contributed by atoms with Crippen molar-refractivity contribution in [1.29, 1.82) is 0 Å². The molecule has 0 aromatic heterocycles. The number of hydrogen-bond acceptors (Lipinski definition) is 6. The Hall–Kier alpha value is -2.84. The fraction of sp³-hybridized carbons (Fsp3) is 0.304. The first kappa shape index (κ1) is 22.8. The van der Waals surface area contributed by atoms with Gasteiger partial charge < -0.3 is 24.4 Å². The van der Waals surface area contributed by atoms with Crippen molar-refractivity contribution in [3.8, 4) is 11.5 Å². The molecule has 1 aliphatic rings. The van der Waals surface area contributed by atoms with Gasteiger partial charge in [-0.1, -0.05) is 28.1 Å². The first-order valence-electron chi connectivity index (χ1n) is 9.69. The Kier molecular flexibility index (Phi) is 7.02. The topological polar surface area (TPSA) is 79.3 Å². The minimum Gasteiger partial charge on any atom is -0.507 e. The number of carbonyl (C=O) groups excluding carboxylic acids is 2. The number of amides is 1. The van der Waals surface area contributed by atoms with Crippen LogP contribution in [0.3, 0.4) is 0 Å². The van der Waals surface area contributed by atoms with Crippen LogP contribution in [-0.2, 0) is 9.59 Å². The van der Waals surface area contributed by atoms with Crippen LogP contribution in [0.25, 0.3) is 5.76 Å². The summed E-state index contributed by atoms with van der Waals surface area (Å²) in [6.45, 7) is 0.855. The molecule has 1 fully saturated rings. The highest BCUT2D eigenvalue weighted by Gasteiger charge is 2.47. The summed E-state index contributed by atoms with van der Waals surface area (Å²) in [6, 6.07) is 11.3. The summed E-state index contributed by atoms with van der Waals surface area (Å²) in [5, 5.41) is 11.1. The smallest absolute Gasteiger partial charge is 0.295 e. The van der Waals surface area contributed by atoms with E-state index in [9.17, 15) is 14.7 Å². The molecule has 1 saturated heterocycles. The fourth-order valence-electron chi connectivity index (χ4n) is 3.56. The summed E-state index contributed by atoms with van der Waals surface area (Å²) >= 11 is 3.36. The Labute approximate surface area is 190 Å². The second-order valence-corrected chi connectivity index (χ2v) is 8.33. The number of ether oxygens (including phenoxy) is 2. The number of ketones is 1. The number of aliphatic hydroxyl groups is 1. The van der Waals surface area contributed by atoms with Gasteiger partial charge in [-0.2, -0.15) is 0 Å². The van der Waals surface area contributed by atoms with Gasteiger partial charge in [0.05, 0.1) is 25.8 Å². The van der Waals surface area contributed by atoms with Crippen LogP contribution in [0.4, 0.5) is 0 Å². The molecule has 164 valence electrons. The molecule has 0 spiro atoms. The van der Waals surface area contributed by atoms with E-state index in [-0.39, 0.29) is 11.3 Å². The predicted molar refractivity (Wildman–Crippen MR) is 121 cm³/mol. The largest absolute Gasteiger partial charge is 0.507 e. The van der Waals surface area contributed by atoms with E-state index in [0.29, 0.717) is 35.7 Å². The van der Waals surface area contributed by atoms with Crippen LogP contribution in [-0.4, -0.2) is 68.0 Å². The average molecular weight is 489 g/mol. The van der Waals surface area contributed by atoms with E-state index in [2.05, 4.69) is 15.9 Å². The average Bonchev–Trinajstić information content (AvgIpc) is 3.01. The standard InChI is InChI=1S/C23H25BrN2O5/c1-25(2)11-12-26-20(17-13-16(30-3)9-10-18(17)31-4)19(22(28)23(26)29)21(27)14-5-7-15(24)8-6-14/h5-10,13,20,27H,11-12H2,1-4H3/b21-19-. The van der Waals surface area contributed by atoms with E-state index in [1.165, 1.54) is 19.1 Å². The number of hydrogen-bond donors (Lipinski definition) is 1. The quantitative estimate of drug-likeness (QED) is 0.365. The Morgan fingerprint density at radius 2 is 1.77 bits per heavy atom. The number of methoxy groups -OCH3 is 2. The van der Waals surface area contributed by atoms with Gasteiger partial charge in [-0.25, -0.2) is 0 Å². The van der Waals surface area contributed by atoms with Gasteiger partial charge in [0, 0.05) is 28.7 Å². The van der Waals surface area contributed by atoms with E-state index in [1.807, 2.05) is 19.0 Å². The van der Waals surface area contributed by atoms with Crippen molar-refractivity contribution < 1.29 is 24.2 Å². The number of likely N-dealkylation sites (tertiary alicyclic amines) is 1. The molecule has 1 N–H and O–H groups in total. The molecule has 0 bridgehead atoms. The SMILES string of the molecule is COc1ccc(OC)c(C2/C(=C(/O)c3ccc(Br)cc3)C(=O)C(=O)N2CCN(C)C)c1. The lowest BCUT2D eigenvalue weighted by molar-refractivity contribution is -0.140. The lowest BCUT2D eigenvalue weighted by Crippen LogP contribution is -2.35. The highest BCUT2D eigenvalue weighted by Crippen LogP contribution is 2.43. The van der Waals surface area contributed by atoms with Gasteiger partial charge in [0.2, 0.25) is 0 Å². The van der Waals surface area contributed by atoms with Gasteiger partial charge >= 0.3 is 0 Å². The lowest BCUT2D eigenvalue weighted by atomic mass is 9.94. The van der Waals surface area contributed by atoms with E-state index in [0.717, 1.165) is 4.47 Å². The summed E-state index contributed by atoms with van der Waals surface area (Å²) in [5.41, 5.74) is 1.04. The monoisotopic (exact) mass is 488 g/mol. The van der Waals surface area contributed by atoms with E-state index in [4.69, 9.17) is 9.47 Å². The third-order valence-corrected chi connectivity index (χ3v) is 5.71. The maximum atomic E-state index is 13.1. The van der Waals surface area contributed by atoms with Crippen molar-refractivity contribution in [3.63, 3.8) is 0 Å². The normalized spacial score (nSPS) is 18.0. The minimum absolute atomic E-state index is 0.0256. The molecular weight excluding hydrogens is 464 g/mol. The molecule has 2 aromatic carbocycles. The van der Waals surface area contributed by atoms with Crippen LogP contribution >= 0.6 is 15.9 Å². The van der Waals surface area contributed by atoms with Gasteiger partial charge in [0.15, 0.2) is 0 Å². The van der Waals surface area contributed by atoms with E-state index >= 15 is 0 Å². The van der Waals surface area contributed by atoms with Crippen molar-refractivity contribution in [2.24, 2.45) is 0 Å². The molecule has 1 aliphatic heterocycles. The maximum absolute atomic E-state index is 13.1. The molecule has 7 nitrogen and oxygen atoms in total. The van der Waals surface area contributed by atoms with Crippen LogP contribution in [0, 0.1) is 0 Å². The molecule has 1 heterocycles.